The quantitative estimate of drug-likeness (QED) is 0.770. The molecule has 2 rings (SSSR count). The molecular formula is C11H8ClNO3. The Hall–Kier alpha value is -1.81. The van der Waals surface area contributed by atoms with Gasteiger partial charge in [-0.05, 0) is 12.1 Å². The van der Waals surface area contributed by atoms with Crippen molar-refractivity contribution in [2.24, 2.45) is 0 Å². The summed E-state index contributed by atoms with van der Waals surface area (Å²) in [4.78, 5) is 11.5. The first-order valence-corrected chi connectivity index (χ1v) is 4.97. The van der Waals surface area contributed by atoms with E-state index >= 15 is 0 Å². The molecule has 2 aromatic rings. The Morgan fingerprint density at radius 3 is 2.75 bits per heavy atom. The molecule has 0 fully saturated rings. The van der Waals surface area contributed by atoms with E-state index in [-0.39, 0.29) is 11.8 Å². The smallest absolute Gasteiger partial charge is 0.338 e. The van der Waals surface area contributed by atoms with Crippen molar-refractivity contribution >= 4 is 17.6 Å². The SMILES string of the molecule is O=C(OCc1cc(Cl)no1)c1ccccc1. The van der Waals surface area contributed by atoms with Crippen LogP contribution in [-0.4, -0.2) is 11.1 Å². The molecule has 0 unspecified atom stereocenters. The molecule has 0 radical (unpaired) electrons. The number of hydrogen-bond acceptors (Lipinski definition) is 4. The van der Waals surface area contributed by atoms with Crippen LogP contribution in [0.25, 0.3) is 0 Å². The van der Waals surface area contributed by atoms with Gasteiger partial charge in [-0.1, -0.05) is 35.0 Å². The first-order valence-electron chi connectivity index (χ1n) is 4.59. The van der Waals surface area contributed by atoms with Crippen molar-refractivity contribution in [1.82, 2.24) is 5.16 Å². The fourth-order valence-corrected chi connectivity index (χ4v) is 1.31. The topological polar surface area (TPSA) is 52.3 Å². The van der Waals surface area contributed by atoms with E-state index in [9.17, 15) is 4.79 Å². The average Bonchev–Trinajstić information content (AvgIpc) is 2.73. The maximum absolute atomic E-state index is 11.5. The standard InChI is InChI=1S/C11H8ClNO3/c12-10-6-9(16-13-10)7-15-11(14)8-4-2-1-3-5-8/h1-6H,7H2. The number of carbonyl (C=O) groups is 1. The predicted octanol–water partition coefficient (Wildman–Crippen LogP) is 2.69. The third-order valence-corrected chi connectivity index (χ3v) is 2.06. The van der Waals surface area contributed by atoms with Gasteiger partial charge < -0.3 is 9.26 Å². The Kier molecular flexibility index (Phi) is 3.22. The number of ether oxygens (including phenoxy) is 1. The van der Waals surface area contributed by atoms with Gasteiger partial charge in [-0.15, -0.1) is 0 Å². The Morgan fingerprint density at radius 2 is 2.12 bits per heavy atom. The Bertz CT molecular complexity index is 481. The van der Waals surface area contributed by atoms with E-state index in [1.165, 1.54) is 6.07 Å². The van der Waals surface area contributed by atoms with Crippen molar-refractivity contribution in [3.63, 3.8) is 0 Å². The summed E-state index contributed by atoms with van der Waals surface area (Å²) in [5.41, 5.74) is 0.494. The van der Waals surface area contributed by atoms with E-state index in [2.05, 4.69) is 5.16 Å². The Morgan fingerprint density at radius 1 is 1.38 bits per heavy atom. The zero-order valence-electron chi connectivity index (χ0n) is 8.22. The van der Waals surface area contributed by atoms with Crippen LogP contribution in [0.2, 0.25) is 5.15 Å². The highest BCUT2D eigenvalue weighted by Crippen LogP contribution is 2.11. The number of benzene rings is 1. The van der Waals surface area contributed by atoms with Gasteiger partial charge in [-0.2, -0.15) is 0 Å². The molecule has 1 aromatic carbocycles. The van der Waals surface area contributed by atoms with Gasteiger partial charge in [0.1, 0.15) is 0 Å². The molecule has 0 spiro atoms. The van der Waals surface area contributed by atoms with Gasteiger partial charge >= 0.3 is 5.97 Å². The molecule has 0 aliphatic heterocycles. The van der Waals surface area contributed by atoms with E-state index in [0.29, 0.717) is 11.3 Å². The van der Waals surface area contributed by atoms with Crippen LogP contribution >= 0.6 is 11.6 Å². The van der Waals surface area contributed by atoms with Crippen LogP contribution in [0.3, 0.4) is 0 Å². The summed E-state index contributed by atoms with van der Waals surface area (Å²) in [6.45, 7) is 0.0213. The molecule has 16 heavy (non-hydrogen) atoms. The first kappa shape index (κ1) is 10.7. The second-order valence-corrected chi connectivity index (χ2v) is 3.45. The van der Waals surface area contributed by atoms with Crippen molar-refractivity contribution in [1.29, 1.82) is 0 Å². The number of aromatic nitrogens is 1. The molecule has 0 saturated carbocycles. The summed E-state index contributed by atoms with van der Waals surface area (Å²) in [6.07, 6.45) is 0. The highest BCUT2D eigenvalue weighted by molar-refractivity contribution is 6.29. The molecule has 1 aromatic heterocycles. The van der Waals surface area contributed by atoms with Crippen molar-refractivity contribution in [3.05, 3.63) is 52.9 Å². The monoisotopic (exact) mass is 237 g/mol. The molecule has 0 saturated heterocycles. The highest BCUT2D eigenvalue weighted by Gasteiger charge is 2.08. The van der Waals surface area contributed by atoms with Crippen LogP contribution in [0.4, 0.5) is 0 Å². The van der Waals surface area contributed by atoms with Crippen LogP contribution in [0.15, 0.2) is 40.9 Å². The first-order chi connectivity index (χ1) is 7.75. The zero-order valence-corrected chi connectivity index (χ0v) is 8.98. The number of carbonyl (C=O) groups excluding carboxylic acids is 1. The summed E-state index contributed by atoms with van der Waals surface area (Å²) in [6, 6.07) is 10.2. The fraction of sp³-hybridized carbons (Fsp3) is 0.0909. The minimum atomic E-state index is -0.409. The maximum Gasteiger partial charge on any atom is 0.338 e. The van der Waals surface area contributed by atoms with Crippen LogP contribution in [0, 0.1) is 0 Å². The van der Waals surface area contributed by atoms with E-state index in [4.69, 9.17) is 20.9 Å². The van der Waals surface area contributed by atoms with Crippen molar-refractivity contribution in [2.75, 3.05) is 0 Å². The van der Waals surface area contributed by atoms with Gasteiger partial charge in [0.15, 0.2) is 17.5 Å². The molecular weight excluding hydrogens is 230 g/mol. The van der Waals surface area contributed by atoms with Crippen LogP contribution in [0.5, 0.6) is 0 Å². The molecule has 4 nitrogen and oxygen atoms in total. The van der Waals surface area contributed by atoms with Crippen LogP contribution < -0.4 is 0 Å². The molecule has 0 N–H and O–H groups in total. The number of nitrogens with zero attached hydrogens (tertiary/aromatic N) is 1. The van der Waals surface area contributed by atoms with Crippen LogP contribution in [0.1, 0.15) is 16.1 Å². The number of esters is 1. The highest BCUT2D eigenvalue weighted by atomic mass is 35.5. The van der Waals surface area contributed by atoms with Gasteiger partial charge in [0.25, 0.3) is 0 Å². The molecule has 0 atom stereocenters. The van der Waals surface area contributed by atoms with Gasteiger partial charge in [0.05, 0.1) is 5.56 Å². The second-order valence-electron chi connectivity index (χ2n) is 3.06. The lowest BCUT2D eigenvalue weighted by molar-refractivity contribution is 0.0437. The minimum absolute atomic E-state index is 0.0213. The lowest BCUT2D eigenvalue weighted by Gasteiger charge is -2.01. The van der Waals surface area contributed by atoms with E-state index < -0.39 is 5.97 Å². The van der Waals surface area contributed by atoms with E-state index in [1.807, 2.05) is 6.07 Å². The third-order valence-electron chi connectivity index (χ3n) is 1.89. The molecule has 0 amide bonds. The van der Waals surface area contributed by atoms with Crippen LogP contribution in [-0.2, 0) is 11.3 Å². The summed E-state index contributed by atoms with van der Waals surface area (Å²) in [7, 11) is 0. The number of rotatable bonds is 3. The molecule has 0 aliphatic carbocycles. The minimum Gasteiger partial charge on any atom is -0.454 e. The largest absolute Gasteiger partial charge is 0.454 e. The number of halogens is 1. The van der Waals surface area contributed by atoms with Crippen molar-refractivity contribution in [2.45, 2.75) is 6.61 Å². The predicted molar refractivity (Wildman–Crippen MR) is 57.1 cm³/mol. The summed E-state index contributed by atoms with van der Waals surface area (Å²) >= 11 is 5.55. The Labute approximate surface area is 96.8 Å². The molecule has 0 bridgehead atoms. The van der Waals surface area contributed by atoms with Crippen molar-refractivity contribution in [3.8, 4) is 0 Å². The molecule has 0 aliphatic rings. The van der Waals surface area contributed by atoms with E-state index in [1.54, 1.807) is 24.3 Å². The molecule has 82 valence electrons. The lowest BCUT2D eigenvalue weighted by Crippen LogP contribution is -2.04. The lowest BCUT2D eigenvalue weighted by atomic mass is 10.2. The maximum atomic E-state index is 11.5. The second kappa shape index (κ2) is 4.81. The van der Waals surface area contributed by atoms with Gasteiger partial charge in [0, 0.05) is 6.07 Å². The van der Waals surface area contributed by atoms with Gasteiger partial charge in [-0.25, -0.2) is 4.79 Å². The molecule has 1 heterocycles. The molecule has 5 heteroatoms. The van der Waals surface area contributed by atoms with Gasteiger partial charge in [-0.3, -0.25) is 0 Å². The summed E-state index contributed by atoms with van der Waals surface area (Å²) < 4.78 is 9.79. The average molecular weight is 238 g/mol. The zero-order chi connectivity index (χ0) is 11.4. The van der Waals surface area contributed by atoms with Crippen molar-refractivity contribution < 1.29 is 14.1 Å². The summed E-state index contributed by atoms with van der Waals surface area (Å²) in [5.74, 6) is 0.00223. The normalized spacial score (nSPS) is 10.1. The van der Waals surface area contributed by atoms with E-state index in [0.717, 1.165) is 0 Å². The fourth-order valence-electron chi connectivity index (χ4n) is 1.15. The Balaban J connectivity index is 1.94. The summed E-state index contributed by atoms with van der Waals surface area (Å²) in [5, 5.41) is 3.71. The van der Waals surface area contributed by atoms with Gasteiger partial charge in [0.2, 0.25) is 0 Å². The number of hydrogen-bond donors (Lipinski definition) is 0. The third kappa shape index (κ3) is 2.61.